The summed E-state index contributed by atoms with van der Waals surface area (Å²) in [5.74, 6) is 0.946. The van der Waals surface area contributed by atoms with Crippen LogP contribution in [-0.4, -0.2) is 20.3 Å². The minimum absolute atomic E-state index is 0.333. The number of hydrogen-bond donors (Lipinski definition) is 1. The van der Waals surface area contributed by atoms with Crippen molar-refractivity contribution >= 4 is 15.9 Å². The molecule has 0 fully saturated rings. The highest BCUT2D eigenvalue weighted by Gasteiger charge is 2.01. The summed E-state index contributed by atoms with van der Waals surface area (Å²) in [6, 6.07) is 12.3. The second kappa shape index (κ2) is 8.00. The monoisotopic (exact) mass is 353 g/mol. The van der Waals surface area contributed by atoms with E-state index in [0.717, 1.165) is 17.9 Å². The van der Waals surface area contributed by atoms with Crippen LogP contribution in [0.3, 0.4) is 0 Å². The van der Waals surface area contributed by atoms with Gasteiger partial charge in [0, 0.05) is 17.1 Å². The maximum atomic E-state index is 13.2. The highest BCUT2D eigenvalue weighted by atomic mass is 79.9. The molecule has 0 heterocycles. The molecule has 2 aromatic rings. The molecule has 0 bridgehead atoms. The first-order valence-electron chi connectivity index (χ1n) is 6.62. The molecule has 112 valence electrons. The van der Waals surface area contributed by atoms with Crippen LogP contribution in [-0.2, 0) is 6.54 Å². The predicted molar refractivity (Wildman–Crippen MR) is 84.3 cm³/mol. The summed E-state index contributed by atoms with van der Waals surface area (Å²) < 4.78 is 24.9. The van der Waals surface area contributed by atoms with Gasteiger partial charge in [-0.3, -0.25) is 0 Å². The van der Waals surface area contributed by atoms with Crippen molar-refractivity contribution < 1.29 is 13.9 Å². The van der Waals surface area contributed by atoms with Gasteiger partial charge in [0.15, 0.2) is 0 Å². The van der Waals surface area contributed by atoms with E-state index < -0.39 is 0 Å². The fourth-order valence-corrected chi connectivity index (χ4v) is 2.32. The Balaban J connectivity index is 1.80. The van der Waals surface area contributed by atoms with Crippen LogP contribution in [0.1, 0.15) is 5.56 Å². The molecule has 3 nitrogen and oxygen atoms in total. The largest absolute Gasteiger partial charge is 0.490 e. The van der Waals surface area contributed by atoms with E-state index in [1.54, 1.807) is 6.07 Å². The van der Waals surface area contributed by atoms with Crippen LogP contribution in [0.15, 0.2) is 46.9 Å². The molecular weight excluding hydrogens is 337 g/mol. The predicted octanol–water partition coefficient (Wildman–Crippen LogP) is 3.77. The van der Waals surface area contributed by atoms with Gasteiger partial charge >= 0.3 is 0 Å². The summed E-state index contributed by atoms with van der Waals surface area (Å²) in [6.45, 7) is 1.55. The fourth-order valence-electron chi connectivity index (χ4n) is 1.88. The van der Waals surface area contributed by atoms with Crippen molar-refractivity contribution in [2.24, 2.45) is 0 Å². The van der Waals surface area contributed by atoms with Gasteiger partial charge in [-0.25, -0.2) is 4.39 Å². The zero-order valence-corrected chi connectivity index (χ0v) is 13.3. The number of rotatable bonds is 7. The molecule has 21 heavy (non-hydrogen) atoms. The second-order valence-corrected chi connectivity index (χ2v) is 5.40. The lowest BCUT2D eigenvalue weighted by atomic mass is 10.2. The van der Waals surface area contributed by atoms with Crippen LogP contribution in [0.5, 0.6) is 11.5 Å². The first kappa shape index (κ1) is 15.8. The molecule has 2 rings (SSSR count). The van der Waals surface area contributed by atoms with Crippen molar-refractivity contribution in [3.63, 3.8) is 0 Å². The molecule has 0 saturated carbocycles. The molecule has 2 aromatic carbocycles. The van der Waals surface area contributed by atoms with Crippen molar-refractivity contribution in [2.45, 2.75) is 6.54 Å². The third kappa shape index (κ3) is 5.36. The van der Waals surface area contributed by atoms with Gasteiger partial charge in [0.1, 0.15) is 30.5 Å². The van der Waals surface area contributed by atoms with E-state index in [9.17, 15) is 4.39 Å². The molecule has 0 atom stereocenters. The van der Waals surface area contributed by atoms with E-state index >= 15 is 0 Å². The number of nitrogens with one attached hydrogen (secondary N) is 1. The first-order valence-corrected chi connectivity index (χ1v) is 7.42. The molecule has 1 N–H and O–H groups in total. The van der Waals surface area contributed by atoms with E-state index in [4.69, 9.17) is 9.47 Å². The topological polar surface area (TPSA) is 30.5 Å². The quantitative estimate of drug-likeness (QED) is 0.768. The molecule has 0 radical (unpaired) electrons. The molecular formula is C16H17BrFNO2. The lowest BCUT2D eigenvalue weighted by Crippen LogP contribution is -2.10. The van der Waals surface area contributed by atoms with Gasteiger partial charge in [-0.05, 0) is 36.9 Å². The van der Waals surface area contributed by atoms with Crippen molar-refractivity contribution in [2.75, 3.05) is 20.3 Å². The van der Waals surface area contributed by atoms with E-state index in [-0.39, 0.29) is 5.82 Å². The molecule has 0 aliphatic heterocycles. The van der Waals surface area contributed by atoms with Crippen LogP contribution in [0.4, 0.5) is 4.39 Å². The van der Waals surface area contributed by atoms with Gasteiger partial charge in [0.2, 0.25) is 0 Å². The Bertz CT molecular complexity index is 572. The number of ether oxygens (including phenoxy) is 2. The van der Waals surface area contributed by atoms with Gasteiger partial charge < -0.3 is 14.8 Å². The molecule has 0 aliphatic carbocycles. The Morgan fingerprint density at radius 1 is 1.05 bits per heavy atom. The van der Waals surface area contributed by atoms with Gasteiger partial charge in [-0.2, -0.15) is 0 Å². The van der Waals surface area contributed by atoms with Crippen LogP contribution in [0.2, 0.25) is 0 Å². The minimum Gasteiger partial charge on any atom is -0.490 e. The maximum Gasteiger partial charge on any atom is 0.128 e. The minimum atomic E-state index is -0.333. The van der Waals surface area contributed by atoms with E-state index in [2.05, 4.69) is 21.2 Å². The SMILES string of the molecule is CNCc1cccc(OCCOc2cc(F)cc(Br)c2)c1. The standard InChI is InChI=1S/C16H17BrFNO2/c1-19-11-12-3-2-4-15(7-12)20-5-6-21-16-9-13(17)8-14(18)10-16/h2-4,7-10,19H,5-6,11H2,1H3. The summed E-state index contributed by atoms with van der Waals surface area (Å²) in [5.41, 5.74) is 1.16. The molecule has 0 aliphatic rings. The van der Waals surface area contributed by atoms with Crippen LogP contribution in [0, 0.1) is 5.82 Å². The maximum absolute atomic E-state index is 13.2. The van der Waals surface area contributed by atoms with Crippen molar-refractivity contribution in [1.82, 2.24) is 5.32 Å². The third-order valence-corrected chi connectivity index (χ3v) is 3.19. The lowest BCUT2D eigenvalue weighted by Gasteiger charge is -2.10. The zero-order valence-electron chi connectivity index (χ0n) is 11.7. The Hall–Kier alpha value is -1.59. The second-order valence-electron chi connectivity index (χ2n) is 4.48. The normalized spacial score (nSPS) is 10.4. The molecule has 0 aromatic heterocycles. The van der Waals surface area contributed by atoms with Crippen molar-refractivity contribution in [1.29, 1.82) is 0 Å². The molecule has 0 amide bonds. The Kier molecular flexibility index (Phi) is 6.02. The molecule has 5 heteroatoms. The summed E-state index contributed by atoms with van der Waals surface area (Å²) in [5, 5.41) is 3.09. The molecule has 0 unspecified atom stereocenters. The average molecular weight is 354 g/mol. The first-order chi connectivity index (χ1) is 10.2. The average Bonchev–Trinajstić information content (AvgIpc) is 2.43. The summed E-state index contributed by atoms with van der Waals surface area (Å²) >= 11 is 3.22. The smallest absolute Gasteiger partial charge is 0.128 e. The van der Waals surface area contributed by atoms with Crippen LogP contribution >= 0.6 is 15.9 Å². The van der Waals surface area contributed by atoms with Gasteiger partial charge in [-0.15, -0.1) is 0 Å². The highest BCUT2D eigenvalue weighted by molar-refractivity contribution is 9.10. The number of hydrogen-bond acceptors (Lipinski definition) is 3. The molecule has 0 spiro atoms. The van der Waals surface area contributed by atoms with Crippen molar-refractivity contribution in [3.8, 4) is 11.5 Å². The van der Waals surface area contributed by atoms with Gasteiger partial charge in [0.05, 0.1) is 0 Å². The van der Waals surface area contributed by atoms with Gasteiger partial charge in [0.25, 0.3) is 0 Å². The fraction of sp³-hybridized carbons (Fsp3) is 0.250. The summed E-state index contributed by atoms with van der Waals surface area (Å²) in [7, 11) is 1.90. The third-order valence-electron chi connectivity index (χ3n) is 2.74. The highest BCUT2D eigenvalue weighted by Crippen LogP contribution is 2.20. The summed E-state index contributed by atoms with van der Waals surface area (Å²) in [4.78, 5) is 0. The Labute approximate surface area is 132 Å². The van der Waals surface area contributed by atoms with E-state index in [1.807, 2.05) is 31.3 Å². The Morgan fingerprint density at radius 2 is 1.81 bits per heavy atom. The van der Waals surface area contributed by atoms with E-state index in [0.29, 0.717) is 23.4 Å². The number of halogens is 2. The van der Waals surface area contributed by atoms with Crippen molar-refractivity contribution in [3.05, 3.63) is 58.3 Å². The lowest BCUT2D eigenvalue weighted by molar-refractivity contribution is 0.216. The van der Waals surface area contributed by atoms with E-state index in [1.165, 1.54) is 12.1 Å². The molecule has 0 saturated heterocycles. The summed E-state index contributed by atoms with van der Waals surface area (Å²) in [6.07, 6.45) is 0. The zero-order chi connectivity index (χ0) is 15.1. The van der Waals surface area contributed by atoms with Crippen LogP contribution in [0.25, 0.3) is 0 Å². The number of benzene rings is 2. The van der Waals surface area contributed by atoms with Gasteiger partial charge in [-0.1, -0.05) is 28.1 Å². The Morgan fingerprint density at radius 3 is 2.52 bits per heavy atom. The van der Waals surface area contributed by atoms with Crippen LogP contribution < -0.4 is 14.8 Å².